The molecule has 0 amide bonds. The van der Waals surface area contributed by atoms with Crippen LogP contribution in [0, 0.1) is 11.8 Å². The summed E-state index contributed by atoms with van der Waals surface area (Å²) < 4.78 is 5.38. The molecule has 0 spiro atoms. The van der Waals surface area contributed by atoms with Crippen molar-refractivity contribution < 1.29 is 9.84 Å². The zero-order valence-corrected chi connectivity index (χ0v) is 14.2. The molecule has 4 bridgehead atoms. The first-order valence-electron chi connectivity index (χ1n) is 8.95. The molecule has 24 heavy (non-hydrogen) atoms. The van der Waals surface area contributed by atoms with Gasteiger partial charge < -0.3 is 14.8 Å². The van der Waals surface area contributed by atoms with Gasteiger partial charge in [0.05, 0.1) is 13.2 Å². The van der Waals surface area contributed by atoms with E-state index in [1.54, 1.807) is 7.11 Å². The van der Waals surface area contributed by atoms with Gasteiger partial charge in [0, 0.05) is 47.8 Å². The van der Waals surface area contributed by atoms with Crippen LogP contribution < -0.4 is 4.74 Å². The van der Waals surface area contributed by atoms with Crippen LogP contribution in [0.1, 0.15) is 30.6 Å². The fourth-order valence-electron chi connectivity index (χ4n) is 5.48. The largest absolute Gasteiger partial charge is 0.497 e. The van der Waals surface area contributed by atoms with Crippen LogP contribution in [0.25, 0.3) is 10.9 Å². The summed E-state index contributed by atoms with van der Waals surface area (Å²) in [5.41, 5.74) is 5.55. The highest BCUT2D eigenvalue weighted by Gasteiger charge is 2.52. The lowest BCUT2D eigenvalue weighted by molar-refractivity contribution is -0.0503. The third-order valence-electron chi connectivity index (χ3n) is 6.63. The molecular weight excluding hydrogens is 300 g/mol. The van der Waals surface area contributed by atoms with E-state index in [9.17, 15) is 5.11 Å². The summed E-state index contributed by atoms with van der Waals surface area (Å²) >= 11 is 0. The van der Waals surface area contributed by atoms with Crippen molar-refractivity contribution in [2.75, 3.05) is 20.3 Å². The molecule has 4 nitrogen and oxygen atoms in total. The van der Waals surface area contributed by atoms with Gasteiger partial charge in [-0.15, -0.1) is 0 Å². The van der Waals surface area contributed by atoms with E-state index in [-0.39, 0.29) is 0 Å². The third kappa shape index (κ3) is 1.76. The number of H-pyrrole nitrogens is 1. The van der Waals surface area contributed by atoms with E-state index in [1.807, 2.05) is 0 Å². The fraction of sp³-hybridized carbons (Fsp3) is 0.500. The molecule has 1 aromatic carbocycles. The molecule has 1 aromatic heterocycles. The van der Waals surface area contributed by atoms with E-state index in [2.05, 4.69) is 41.1 Å². The Kier molecular flexibility index (Phi) is 3.10. The molecular formula is C20H24N2O2. The molecule has 126 valence electrons. The second-order valence-corrected chi connectivity index (χ2v) is 7.44. The van der Waals surface area contributed by atoms with Gasteiger partial charge in [-0.3, -0.25) is 4.90 Å². The van der Waals surface area contributed by atoms with Gasteiger partial charge in [0.1, 0.15) is 5.75 Å². The van der Waals surface area contributed by atoms with E-state index < -0.39 is 0 Å². The van der Waals surface area contributed by atoms with Crippen LogP contribution in [-0.4, -0.2) is 41.3 Å². The first-order valence-corrected chi connectivity index (χ1v) is 8.95. The van der Waals surface area contributed by atoms with Crippen molar-refractivity contribution in [1.82, 2.24) is 9.88 Å². The van der Waals surface area contributed by atoms with Crippen molar-refractivity contribution in [3.8, 4) is 5.75 Å². The highest BCUT2D eigenvalue weighted by atomic mass is 16.5. The topological polar surface area (TPSA) is 48.5 Å². The molecule has 4 heteroatoms. The molecule has 6 rings (SSSR count). The summed E-state index contributed by atoms with van der Waals surface area (Å²) in [5.74, 6) is 1.81. The zero-order valence-electron chi connectivity index (χ0n) is 14.2. The number of hydrogen-bond donors (Lipinski definition) is 2. The van der Waals surface area contributed by atoms with Crippen molar-refractivity contribution in [3.63, 3.8) is 0 Å². The lowest BCUT2D eigenvalue weighted by Crippen LogP contribution is -2.60. The number of allylic oxidation sites excluding steroid dienone is 1. The second kappa shape index (κ2) is 5.11. The average Bonchev–Trinajstić information content (AvgIpc) is 2.99. The quantitative estimate of drug-likeness (QED) is 0.835. The Hall–Kier alpha value is -1.78. The first-order chi connectivity index (χ1) is 11.7. The lowest BCUT2D eigenvalue weighted by Gasteiger charge is -2.58. The number of rotatable bonds is 2. The SMILES string of the molecule is C/C=C1/CN2[C@@H]3C[C@H]1[C@H](CO)[C@H]2Cc1c3[nH]c2cc(OC)ccc12. The van der Waals surface area contributed by atoms with Crippen molar-refractivity contribution in [2.45, 2.75) is 31.8 Å². The van der Waals surface area contributed by atoms with Crippen LogP contribution in [-0.2, 0) is 6.42 Å². The average molecular weight is 324 g/mol. The van der Waals surface area contributed by atoms with E-state index in [0.717, 1.165) is 25.1 Å². The molecule has 3 saturated heterocycles. The van der Waals surface area contributed by atoms with Crippen molar-refractivity contribution in [3.05, 3.63) is 41.1 Å². The summed E-state index contributed by atoms with van der Waals surface area (Å²) in [6.07, 6.45) is 4.43. The van der Waals surface area contributed by atoms with E-state index >= 15 is 0 Å². The third-order valence-corrected chi connectivity index (χ3v) is 6.63. The Morgan fingerprint density at radius 1 is 1.42 bits per heavy atom. The van der Waals surface area contributed by atoms with Crippen molar-refractivity contribution >= 4 is 10.9 Å². The molecule has 5 atom stereocenters. The predicted molar refractivity (Wildman–Crippen MR) is 94.2 cm³/mol. The summed E-state index contributed by atoms with van der Waals surface area (Å²) in [5, 5.41) is 11.4. The summed E-state index contributed by atoms with van der Waals surface area (Å²) in [7, 11) is 1.71. The Morgan fingerprint density at radius 3 is 3.04 bits per heavy atom. The number of nitrogens with one attached hydrogen (secondary N) is 1. The van der Waals surface area contributed by atoms with Crippen LogP contribution in [0.4, 0.5) is 0 Å². The molecule has 0 saturated carbocycles. The first kappa shape index (κ1) is 14.6. The van der Waals surface area contributed by atoms with Gasteiger partial charge in [0.2, 0.25) is 0 Å². The van der Waals surface area contributed by atoms with Crippen molar-refractivity contribution in [2.24, 2.45) is 11.8 Å². The Labute approximate surface area is 142 Å². The molecule has 4 aliphatic heterocycles. The Balaban J connectivity index is 1.65. The van der Waals surface area contributed by atoms with Crippen LogP contribution in [0.3, 0.4) is 0 Å². The monoisotopic (exact) mass is 324 g/mol. The highest BCUT2D eigenvalue weighted by molar-refractivity contribution is 5.86. The molecule has 2 aromatic rings. The van der Waals surface area contributed by atoms with E-state index in [0.29, 0.717) is 30.5 Å². The Morgan fingerprint density at radius 2 is 2.29 bits per heavy atom. The van der Waals surface area contributed by atoms with Crippen LogP contribution >= 0.6 is 0 Å². The second-order valence-electron chi connectivity index (χ2n) is 7.44. The molecule has 1 unspecified atom stereocenters. The number of aliphatic hydroxyl groups excluding tert-OH is 1. The number of methoxy groups -OCH3 is 1. The van der Waals surface area contributed by atoms with Gasteiger partial charge >= 0.3 is 0 Å². The maximum Gasteiger partial charge on any atom is 0.120 e. The van der Waals surface area contributed by atoms with Crippen molar-refractivity contribution in [1.29, 1.82) is 0 Å². The van der Waals surface area contributed by atoms with Gasteiger partial charge in [-0.25, -0.2) is 0 Å². The number of aromatic nitrogens is 1. The van der Waals surface area contributed by atoms with Gasteiger partial charge in [-0.2, -0.15) is 0 Å². The fourth-order valence-corrected chi connectivity index (χ4v) is 5.48. The Bertz CT molecular complexity index is 838. The molecule has 0 radical (unpaired) electrons. The molecule has 2 N–H and O–H groups in total. The van der Waals surface area contributed by atoms with Gasteiger partial charge in [0.25, 0.3) is 0 Å². The number of ether oxygens (including phenoxy) is 1. The van der Waals surface area contributed by atoms with Gasteiger partial charge in [0.15, 0.2) is 0 Å². The minimum atomic E-state index is 0.293. The van der Waals surface area contributed by atoms with Crippen LogP contribution in [0.2, 0.25) is 0 Å². The minimum Gasteiger partial charge on any atom is -0.497 e. The number of aromatic amines is 1. The highest BCUT2D eigenvalue weighted by Crippen LogP contribution is 2.54. The minimum absolute atomic E-state index is 0.293. The number of aliphatic hydroxyl groups is 1. The molecule has 5 heterocycles. The normalized spacial score (nSPS) is 35.5. The summed E-state index contributed by atoms with van der Waals surface area (Å²) in [6.45, 7) is 3.49. The van der Waals surface area contributed by atoms with Crippen LogP contribution in [0.5, 0.6) is 5.75 Å². The maximum absolute atomic E-state index is 10.0. The number of piperidine rings is 3. The number of hydrogen-bond acceptors (Lipinski definition) is 3. The molecule has 4 aliphatic rings. The lowest BCUT2D eigenvalue weighted by atomic mass is 9.64. The zero-order chi connectivity index (χ0) is 16.4. The van der Waals surface area contributed by atoms with Gasteiger partial charge in [-0.05, 0) is 43.4 Å². The maximum atomic E-state index is 10.0. The van der Waals surface area contributed by atoms with E-state index in [4.69, 9.17) is 4.74 Å². The smallest absolute Gasteiger partial charge is 0.120 e. The molecule has 3 fully saturated rings. The number of fused-ring (bicyclic) bond motifs is 4. The van der Waals surface area contributed by atoms with Gasteiger partial charge in [-0.1, -0.05) is 11.6 Å². The van der Waals surface area contributed by atoms with E-state index in [1.165, 1.54) is 27.7 Å². The van der Waals surface area contributed by atoms with Crippen LogP contribution in [0.15, 0.2) is 29.8 Å². The molecule has 0 aliphatic carbocycles. The summed E-state index contributed by atoms with van der Waals surface area (Å²) in [6, 6.07) is 7.27. The standard InChI is InChI=1S/C20H24N2O2/c1-3-11-9-22-18-8-15-13-5-4-12(24-2)6-17(13)21-20(15)19(22)7-14(11)16(18)10-23/h3-6,14,16,18-19,21,23H,7-10H2,1-2H3/b11-3-/t14-,16+,18-,19-/m1/s1. The number of nitrogens with zero attached hydrogens (tertiary/aromatic N) is 1. The number of benzene rings is 1. The predicted octanol–water partition coefficient (Wildman–Crippen LogP) is 3.03. The summed E-state index contributed by atoms with van der Waals surface area (Å²) in [4.78, 5) is 6.32.